The SMILES string of the molecule is CC(C)C(C)(CN)NC(=O)CN(C)S(=O)(=O)c1ccccc1.Cl. The molecule has 6 nitrogen and oxygen atoms in total. The molecule has 0 bridgehead atoms. The monoisotopic (exact) mass is 363 g/mol. The van der Waals surface area contributed by atoms with E-state index in [4.69, 9.17) is 5.73 Å². The molecule has 0 radical (unpaired) electrons. The van der Waals surface area contributed by atoms with Crippen molar-refractivity contribution in [2.24, 2.45) is 11.7 Å². The van der Waals surface area contributed by atoms with Crippen LogP contribution in [0.15, 0.2) is 35.2 Å². The van der Waals surface area contributed by atoms with Gasteiger partial charge in [0.15, 0.2) is 0 Å². The van der Waals surface area contributed by atoms with E-state index in [0.717, 1.165) is 4.31 Å². The number of nitrogens with zero attached hydrogens (tertiary/aromatic N) is 1. The number of nitrogens with two attached hydrogens (primary N) is 1. The van der Waals surface area contributed by atoms with E-state index < -0.39 is 15.6 Å². The van der Waals surface area contributed by atoms with Crippen LogP contribution in [0.2, 0.25) is 0 Å². The van der Waals surface area contributed by atoms with E-state index in [1.807, 2.05) is 20.8 Å². The molecule has 0 aliphatic rings. The molecule has 132 valence electrons. The van der Waals surface area contributed by atoms with Crippen LogP contribution < -0.4 is 11.1 Å². The van der Waals surface area contributed by atoms with Gasteiger partial charge in [-0.3, -0.25) is 4.79 Å². The summed E-state index contributed by atoms with van der Waals surface area (Å²) in [6, 6.07) is 8.03. The zero-order valence-electron chi connectivity index (χ0n) is 13.9. The van der Waals surface area contributed by atoms with Gasteiger partial charge in [0, 0.05) is 13.6 Å². The molecule has 0 saturated heterocycles. The van der Waals surface area contributed by atoms with Crippen LogP contribution in [-0.4, -0.2) is 44.3 Å². The van der Waals surface area contributed by atoms with Crippen LogP contribution in [0.4, 0.5) is 0 Å². The number of sulfonamides is 1. The Kier molecular flexibility index (Phi) is 8.20. The van der Waals surface area contributed by atoms with Crippen LogP contribution in [0, 0.1) is 5.92 Å². The lowest BCUT2D eigenvalue weighted by Gasteiger charge is -2.34. The molecule has 23 heavy (non-hydrogen) atoms. The van der Waals surface area contributed by atoms with Crippen molar-refractivity contribution in [2.75, 3.05) is 20.1 Å². The first-order valence-electron chi connectivity index (χ1n) is 7.16. The minimum atomic E-state index is -3.68. The molecule has 1 aromatic carbocycles. The lowest BCUT2D eigenvalue weighted by molar-refractivity contribution is -0.123. The third-order valence-electron chi connectivity index (χ3n) is 3.94. The number of carbonyl (C=O) groups excluding carboxylic acids is 1. The lowest BCUT2D eigenvalue weighted by atomic mass is 9.88. The van der Waals surface area contributed by atoms with Crippen molar-refractivity contribution in [1.82, 2.24) is 9.62 Å². The highest BCUT2D eigenvalue weighted by Gasteiger charge is 2.30. The molecule has 0 heterocycles. The molecule has 1 atom stereocenters. The fourth-order valence-electron chi connectivity index (χ4n) is 1.85. The summed E-state index contributed by atoms with van der Waals surface area (Å²) in [6.07, 6.45) is 0. The molecule has 1 aromatic rings. The molecule has 0 aliphatic heterocycles. The smallest absolute Gasteiger partial charge is 0.243 e. The predicted octanol–water partition coefficient (Wildman–Crippen LogP) is 1.22. The highest BCUT2D eigenvalue weighted by Crippen LogP contribution is 2.16. The van der Waals surface area contributed by atoms with Gasteiger partial charge < -0.3 is 11.1 Å². The van der Waals surface area contributed by atoms with E-state index in [9.17, 15) is 13.2 Å². The van der Waals surface area contributed by atoms with Crippen molar-refractivity contribution in [1.29, 1.82) is 0 Å². The van der Waals surface area contributed by atoms with Gasteiger partial charge in [-0.05, 0) is 25.0 Å². The van der Waals surface area contributed by atoms with Gasteiger partial charge in [-0.1, -0.05) is 32.0 Å². The summed E-state index contributed by atoms with van der Waals surface area (Å²) >= 11 is 0. The molecule has 0 spiro atoms. The molecule has 0 aromatic heterocycles. The standard InChI is InChI=1S/C15H25N3O3S.ClH/c1-12(2)15(3,11-16)17-14(19)10-18(4)22(20,21)13-8-6-5-7-9-13;/h5-9,12H,10-11,16H2,1-4H3,(H,17,19);1H. The summed E-state index contributed by atoms with van der Waals surface area (Å²) in [4.78, 5) is 12.3. The zero-order chi connectivity index (χ0) is 17.0. The van der Waals surface area contributed by atoms with Crippen LogP contribution in [-0.2, 0) is 14.8 Å². The van der Waals surface area contributed by atoms with Gasteiger partial charge in [-0.25, -0.2) is 8.42 Å². The van der Waals surface area contributed by atoms with Gasteiger partial charge in [0.05, 0.1) is 17.0 Å². The van der Waals surface area contributed by atoms with Crippen molar-refractivity contribution in [3.63, 3.8) is 0 Å². The quantitative estimate of drug-likeness (QED) is 0.761. The molecule has 1 amide bonds. The average molecular weight is 364 g/mol. The van der Waals surface area contributed by atoms with E-state index in [1.165, 1.54) is 19.2 Å². The summed E-state index contributed by atoms with van der Waals surface area (Å²) in [5, 5.41) is 2.83. The van der Waals surface area contributed by atoms with Crippen molar-refractivity contribution >= 4 is 28.3 Å². The number of hydrogen-bond acceptors (Lipinski definition) is 4. The number of carbonyl (C=O) groups is 1. The second-order valence-corrected chi connectivity index (χ2v) is 7.94. The highest BCUT2D eigenvalue weighted by atomic mass is 35.5. The van der Waals surface area contributed by atoms with Crippen LogP contribution in [0.5, 0.6) is 0 Å². The van der Waals surface area contributed by atoms with E-state index in [1.54, 1.807) is 18.2 Å². The topological polar surface area (TPSA) is 92.5 Å². The van der Waals surface area contributed by atoms with E-state index in [0.29, 0.717) is 0 Å². The van der Waals surface area contributed by atoms with Gasteiger partial charge in [0.2, 0.25) is 15.9 Å². The van der Waals surface area contributed by atoms with Crippen molar-refractivity contribution in [3.8, 4) is 0 Å². The van der Waals surface area contributed by atoms with Crippen molar-refractivity contribution < 1.29 is 13.2 Å². The first kappa shape index (κ1) is 21.9. The minimum absolute atomic E-state index is 0. The Morgan fingerprint density at radius 3 is 2.26 bits per heavy atom. The van der Waals surface area contributed by atoms with E-state index >= 15 is 0 Å². The Balaban J connectivity index is 0.00000484. The fourth-order valence-corrected chi connectivity index (χ4v) is 3.00. The average Bonchev–Trinajstić information content (AvgIpc) is 2.47. The molecule has 1 rings (SSSR count). The summed E-state index contributed by atoms with van der Waals surface area (Å²) in [6.45, 7) is 5.79. The highest BCUT2D eigenvalue weighted by molar-refractivity contribution is 7.89. The maximum Gasteiger partial charge on any atom is 0.243 e. The summed E-state index contributed by atoms with van der Waals surface area (Å²) in [5.74, 6) is -0.235. The number of benzene rings is 1. The minimum Gasteiger partial charge on any atom is -0.348 e. The molecule has 3 N–H and O–H groups in total. The third kappa shape index (κ3) is 5.46. The van der Waals surface area contributed by atoms with Gasteiger partial charge in [0.25, 0.3) is 0 Å². The van der Waals surface area contributed by atoms with E-state index in [-0.39, 0.29) is 42.2 Å². The summed E-state index contributed by atoms with van der Waals surface area (Å²) in [7, 11) is -2.29. The van der Waals surface area contributed by atoms with Crippen LogP contribution in [0.25, 0.3) is 0 Å². The maximum absolute atomic E-state index is 12.4. The number of likely N-dealkylation sites (N-methyl/N-ethyl adjacent to an activating group) is 1. The Hall–Kier alpha value is -1.15. The third-order valence-corrected chi connectivity index (χ3v) is 5.76. The largest absolute Gasteiger partial charge is 0.348 e. The van der Waals surface area contributed by atoms with Gasteiger partial charge in [-0.15, -0.1) is 12.4 Å². The van der Waals surface area contributed by atoms with Crippen molar-refractivity contribution in [3.05, 3.63) is 30.3 Å². The number of halogens is 1. The molecular weight excluding hydrogens is 338 g/mol. The Bertz CT molecular complexity index is 608. The number of nitrogens with one attached hydrogen (secondary N) is 1. The fraction of sp³-hybridized carbons (Fsp3) is 0.533. The zero-order valence-corrected chi connectivity index (χ0v) is 15.6. The Morgan fingerprint density at radius 1 is 1.30 bits per heavy atom. The number of amides is 1. The molecule has 0 fully saturated rings. The second-order valence-electron chi connectivity index (χ2n) is 5.90. The molecular formula is C15H26ClN3O3S. The number of hydrogen-bond donors (Lipinski definition) is 2. The number of rotatable bonds is 7. The van der Waals surface area contributed by atoms with Gasteiger partial charge in [0.1, 0.15) is 0 Å². The van der Waals surface area contributed by atoms with Crippen LogP contribution >= 0.6 is 12.4 Å². The molecule has 0 saturated carbocycles. The first-order valence-corrected chi connectivity index (χ1v) is 8.60. The van der Waals surface area contributed by atoms with Gasteiger partial charge in [-0.2, -0.15) is 4.31 Å². The molecule has 0 aliphatic carbocycles. The van der Waals surface area contributed by atoms with Gasteiger partial charge >= 0.3 is 0 Å². The van der Waals surface area contributed by atoms with E-state index in [2.05, 4.69) is 5.32 Å². The predicted molar refractivity (Wildman–Crippen MR) is 93.9 cm³/mol. The van der Waals surface area contributed by atoms with Crippen molar-refractivity contribution in [2.45, 2.75) is 31.2 Å². The van der Waals surface area contributed by atoms with Crippen LogP contribution in [0.3, 0.4) is 0 Å². The lowest BCUT2D eigenvalue weighted by Crippen LogP contribution is -2.56. The normalized spacial score (nSPS) is 14.2. The maximum atomic E-state index is 12.4. The Labute approximate surface area is 144 Å². The molecule has 1 unspecified atom stereocenters. The second kappa shape index (κ2) is 8.63. The first-order chi connectivity index (χ1) is 10.1. The van der Waals surface area contributed by atoms with Crippen LogP contribution in [0.1, 0.15) is 20.8 Å². The molecule has 8 heteroatoms. The summed E-state index contributed by atoms with van der Waals surface area (Å²) < 4.78 is 25.8. The summed E-state index contributed by atoms with van der Waals surface area (Å²) in [5.41, 5.74) is 5.16. The Morgan fingerprint density at radius 2 is 1.83 bits per heavy atom.